The van der Waals surface area contributed by atoms with Crippen LogP contribution < -0.4 is 0 Å². The summed E-state index contributed by atoms with van der Waals surface area (Å²) in [4.78, 5) is 9.95. The number of nitriles is 1. The Morgan fingerprint density at radius 3 is 1.55 bits per heavy atom. The average Bonchev–Trinajstić information content (AvgIpc) is 3.54. The number of aromatic nitrogens is 2. The highest BCUT2D eigenvalue weighted by atomic mass is 14.9. The fourth-order valence-electron chi connectivity index (χ4n) is 9.08. The van der Waals surface area contributed by atoms with E-state index in [1.54, 1.807) is 0 Å². The molecular formula is C53H39N3. The summed E-state index contributed by atoms with van der Waals surface area (Å²) in [6.07, 6.45) is 6.12. The molecule has 8 aromatic rings. The zero-order valence-electron chi connectivity index (χ0n) is 31.1. The lowest BCUT2D eigenvalue weighted by Crippen LogP contribution is -2.28. The molecule has 10 rings (SSSR count). The Morgan fingerprint density at radius 1 is 0.393 bits per heavy atom. The minimum atomic E-state index is 0.0452. The van der Waals surface area contributed by atoms with Crippen LogP contribution in [0.4, 0.5) is 0 Å². The lowest BCUT2D eigenvalue weighted by molar-refractivity contribution is 0.353. The predicted octanol–water partition coefficient (Wildman–Crippen LogP) is 13.6. The Bertz CT molecular complexity index is 2700. The molecule has 0 saturated heterocycles. The van der Waals surface area contributed by atoms with Crippen molar-refractivity contribution < 1.29 is 0 Å². The van der Waals surface area contributed by atoms with Crippen molar-refractivity contribution in [2.75, 3.05) is 0 Å². The van der Waals surface area contributed by atoms with Crippen LogP contribution in [0, 0.1) is 11.3 Å². The second-order valence-electron chi connectivity index (χ2n) is 15.2. The SMILES string of the molecule is N#Cc1ccc2c(c1)-c1ccc(-c3cccc(-c4ccc(-c5ccc(-c6cc(-c7ccccc7)nc(-c7ccccc7)n6)cc5)cc4)c3)cc1C21CCCCC1. The van der Waals surface area contributed by atoms with Crippen molar-refractivity contribution in [3.8, 4) is 84.5 Å². The summed E-state index contributed by atoms with van der Waals surface area (Å²) in [5.41, 5.74) is 18.3. The Morgan fingerprint density at radius 2 is 0.911 bits per heavy atom. The van der Waals surface area contributed by atoms with Crippen molar-refractivity contribution in [2.45, 2.75) is 37.5 Å². The Kier molecular flexibility index (Phi) is 8.46. The summed E-state index contributed by atoms with van der Waals surface area (Å²) in [5.74, 6) is 0.718. The maximum Gasteiger partial charge on any atom is 0.160 e. The molecule has 266 valence electrons. The summed E-state index contributed by atoms with van der Waals surface area (Å²) in [5, 5.41) is 9.68. The third kappa shape index (κ3) is 6.01. The minimum absolute atomic E-state index is 0.0452. The van der Waals surface area contributed by atoms with Gasteiger partial charge in [-0.05, 0) is 98.8 Å². The smallest absolute Gasteiger partial charge is 0.160 e. The van der Waals surface area contributed by atoms with Crippen molar-refractivity contribution in [3.05, 3.63) is 193 Å². The fourth-order valence-corrected chi connectivity index (χ4v) is 9.08. The summed E-state index contributed by atoms with van der Waals surface area (Å²) < 4.78 is 0. The second-order valence-corrected chi connectivity index (χ2v) is 15.2. The molecule has 0 atom stereocenters. The molecule has 2 aliphatic carbocycles. The molecule has 7 aromatic carbocycles. The molecule has 0 unspecified atom stereocenters. The van der Waals surface area contributed by atoms with Crippen molar-refractivity contribution in [1.82, 2.24) is 9.97 Å². The van der Waals surface area contributed by atoms with E-state index in [9.17, 15) is 5.26 Å². The predicted molar refractivity (Wildman–Crippen MR) is 229 cm³/mol. The van der Waals surface area contributed by atoms with Crippen LogP contribution in [-0.2, 0) is 5.41 Å². The van der Waals surface area contributed by atoms with E-state index in [1.165, 1.54) is 82.2 Å². The van der Waals surface area contributed by atoms with Gasteiger partial charge in [-0.3, -0.25) is 0 Å². The Hall–Kier alpha value is -6.89. The van der Waals surface area contributed by atoms with E-state index < -0.39 is 0 Å². The maximum atomic E-state index is 9.68. The molecule has 3 nitrogen and oxygen atoms in total. The first-order valence-corrected chi connectivity index (χ1v) is 19.7. The maximum absolute atomic E-state index is 9.68. The normalized spacial score (nSPS) is 13.8. The third-order valence-electron chi connectivity index (χ3n) is 12.0. The van der Waals surface area contributed by atoms with Gasteiger partial charge < -0.3 is 0 Å². The van der Waals surface area contributed by atoms with E-state index in [0.29, 0.717) is 0 Å². The topological polar surface area (TPSA) is 49.6 Å². The van der Waals surface area contributed by atoms with Crippen molar-refractivity contribution in [3.63, 3.8) is 0 Å². The first-order valence-electron chi connectivity index (χ1n) is 19.7. The van der Waals surface area contributed by atoms with Crippen molar-refractivity contribution >= 4 is 0 Å². The lowest BCUT2D eigenvalue weighted by atomic mass is 9.67. The third-order valence-corrected chi connectivity index (χ3v) is 12.0. The monoisotopic (exact) mass is 717 g/mol. The molecule has 1 heterocycles. The molecule has 56 heavy (non-hydrogen) atoms. The van der Waals surface area contributed by atoms with Gasteiger partial charge in [0.05, 0.1) is 23.0 Å². The van der Waals surface area contributed by atoms with Gasteiger partial charge in [0.15, 0.2) is 5.82 Å². The highest BCUT2D eigenvalue weighted by Gasteiger charge is 2.43. The van der Waals surface area contributed by atoms with Crippen LogP contribution in [0.25, 0.3) is 78.4 Å². The van der Waals surface area contributed by atoms with Gasteiger partial charge in [0.25, 0.3) is 0 Å². The average molecular weight is 718 g/mol. The molecule has 0 radical (unpaired) electrons. The minimum Gasteiger partial charge on any atom is -0.228 e. The summed E-state index contributed by atoms with van der Waals surface area (Å²) in [6.45, 7) is 0. The molecule has 1 fully saturated rings. The van der Waals surface area contributed by atoms with Gasteiger partial charge in [0, 0.05) is 22.1 Å². The summed E-state index contributed by atoms with van der Waals surface area (Å²) >= 11 is 0. The van der Waals surface area contributed by atoms with Gasteiger partial charge in [-0.15, -0.1) is 0 Å². The van der Waals surface area contributed by atoms with Gasteiger partial charge in [-0.1, -0.05) is 165 Å². The first kappa shape index (κ1) is 33.7. The number of nitrogens with zero attached hydrogens (tertiary/aromatic N) is 3. The van der Waals surface area contributed by atoms with Crippen LogP contribution >= 0.6 is 0 Å². The van der Waals surface area contributed by atoms with Crippen molar-refractivity contribution in [1.29, 1.82) is 5.26 Å². The molecule has 0 N–H and O–H groups in total. The van der Waals surface area contributed by atoms with Crippen LogP contribution in [0.2, 0.25) is 0 Å². The van der Waals surface area contributed by atoms with Crippen LogP contribution in [0.1, 0.15) is 48.8 Å². The number of benzene rings is 7. The van der Waals surface area contributed by atoms with Gasteiger partial charge in [-0.25, -0.2) is 9.97 Å². The number of fused-ring (bicyclic) bond motifs is 5. The van der Waals surface area contributed by atoms with Crippen LogP contribution in [0.3, 0.4) is 0 Å². The standard InChI is InChI=1S/C53H39N3/c54-35-36-17-28-48-47(31-36)46-27-26-45(33-49(46)53(48)29-8-3-9-30-53)44-16-10-15-43(32-44)39-20-18-37(19-21-39)38-22-24-41(25-23-38)51-34-50(40-11-4-1-5-12-40)55-52(56-51)42-13-6-2-7-14-42/h1-2,4-7,10-28,31-34H,3,8-9,29-30H2. The molecule has 1 saturated carbocycles. The van der Waals surface area contributed by atoms with E-state index in [4.69, 9.17) is 9.97 Å². The lowest BCUT2D eigenvalue weighted by Gasteiger charge is -2.36. The van der Waals surface area contributed by atoms with E-state index in [-0.39, 0.29) is 5.41 Å². The quantitative estimate of drug-likeness (QED) is 0.172. The highest BCUT2D eigenvalue weighted by Crippen LogP contribution is 2.56. The molecular weight excluding hydrogens is 679 g/mol. The summed E-state index contributed by atoms with van der Waals surface area (Å²) in [6, 6.07) is 64.8. The van der Waals surface area contributed by atoms with E-state index >= 15 is 0 Å². The van der Waals surface area contributed by atoms with Crippen LogP contribution in [0.5, 0.6) is 0 Å². The largest absolute Gasteiger partial charge is 0.228 e. The highest BCUT2D eigenvalue weighted by molar-refractivity contribution is 5.86. The van der Waals surface area contributed by atoms with E-state index in [1.807, 2.05) is 42.5 Å². The van der Waals surface area contributed by atoms with Gasteiger partial charge >= 0.3 is 0 Å². The Labute approximate surface area is 328 Å². The first-order chi connectivity index (χ1) is 27.6. The van der Waals surface area contributed by atoms with Gasteiger partial charge in [-0.2, -0.15) is 5.26 Å². The molecule has 1 spiro atoms. The zero-order valence-corrected chi connectivity index (χ0v) is 31.1. The second kappa shape index (κ2) is 14.1. The van der Waals surface area contributed by atoms with Gasteiger partial charge in [0.2, 0.25) is 0 Å². The summed E-state index contributed by atoms with van der Waals surface area (Å²) in [7, 11) is 0. The Balaban J connectivity index is 0.926. The zero-order chi connectivity index (χ0) is 37.5. The van der Waals surface area contributed by atoms with Crippen molar-refractivity contribution in [2.24, 2.45) is 0 Å². The molecule has 0 bridgehead atoms. The molecule has 0 aliphatic heterocycles. The number of rotatable bonds is 6. The van der Waals surface area contributed by atoms with E-state index in [2.05, 4.69) is 140 Å². The van der Waals surface area contributed by atoms with Crippen LogP contribution in [-0.4, -0.2) is 9.97 Å². The van der Waals surface area contributed by atoms with Crippen LogP contribution in [0.15, 0.2) is 176 Å². The molecule has 2 aliphatic rings. The molecule has 1 aromatic heterocycles. The number of hydrogen-bond donors (Lipinski definition) is 0. The molecule has 3 heteroatoms. The molecule has 0 amide bonds. The number of hydrogen-bond acceptors (Lipinski definition) is 3. The van der Waals surface area contributed by atoms with Gasteiger partial charge in [0.1, 0.15) is 0 Å². The fraction of sp³-hybridized carbons (Fsp3) is 0.113. The van der Waals surface area contributed by atoms with E-state index in [0.717, 1.165) is 45.0 Å².